The van der Waals surface area contributed by atoms with Gasteiger partial charge in [0, 0.05) is 6.54 Å². The Labute approximate surface area is 73.3 Å². The van der Waals surface area contributed by atoms with Gasteiger partial charge in [-0.25, -0.2) is 4.79 Å². The van der Waals surface area contributed by atoms with Gasteiger partial charge in [-0.3, -0.25) is 0 Å². The van der Waals surface area contributed by atoms with Gasteiger partial charge in [-0.1, -0.05) is 13.2 Å². The van der Waals surface area contributed by atoms with E-state index in [0.29, 0.717) is 18.5 Å². The monoisotopic (exact) mass is 166 g/mol. The first-order valence-electron chi connectivity index (χ1n) is 4.56. The van der Waals surface area contributed by atoms with E-state index in [-0.39, 0.29) is 6.09 Å². The van der Waals surface area contributed by atoms with Gasteiger partial charge >= 0.3 is 6.09 Å². The molecule has 2 fully saturated rings. The van der Waals surface area contributed by atoms with Gasteiger partial charge in [0.1, 0.15) is 13.9 Å². The number of hydrogen-bond acceptors (Lipinski definition) is 2. The fourth-order valence-electron chi connectivity index (χ4n) is 2.16. The van der Waals surface area contributed by atoms with Crippen molar-refractivity contribution in [3.05, 3.63) is 0 Å². The van der Waals surface area contributed by atoms with E-state index < -0.39 is 0 Å². The van der Waals surface area contributed by atoms with Crippen LogP contribution in [0.4, 0.5) is 4.79 Å². The van der Waals surface area contributed by atoms with Gasteiger partial charge in [-0.2, -0.15) is 0 Å². The third-order valence-corrected chi connectivity index (χ3v) is 2.87. The first kappa shape index (κ1) is 7.96. The molecule has 4 heteroatoms. The fourth-order valence-corrected chi connectivity index (χ4v) is 2.16. The number of ether oxygens (including phenoxy) is 1. The van der Waals surface area contributed by atoms with E-state index in [1.807, 2.05) is 4.90 Å². The molecule has 12 heavy (non-hydrogen) atoms. The molecule has 0 spiro atoms. The quantitative estimate of drug-likeness (QED) is 0.546. The summed E-state index contributed by atoms with van der Waals surface area (Å²) in [4.78, 5) is 13.0. The molecule has 2 aliphatic rings. The maximum atomic E-state index is 11.2. The van der Waals surface area contributed by atoms with Gasteiger partial charge < -0.3 is 9.64 Å². The van der Waals surface area contributed by atoms with Gasteiger partial charge in [0.25, 0.3) is 0 Å². The van der Waals surface area contributed by atoms with Crippen molar-refractivity contribution in [1.82, 2.24) is 4.90 Å². The number of nitrogens with zero attached hydrogens (tertiary/aromatic N) is 1. The molecule has 0 aliphatic carbocycles. The second kappa shape index (κ2) is 3.00. The number of amides is 1. The number of fused-ring (bicyclic) bond motifs is 1. The van der Waals surface area contributed by atoms with E-state index in [2.05, 4.69) is 14.1 Å². The van der Waals surface area contributed by atoms with Crippen LogP contribution in [0.2, 0.25) is 12.6 Å². The van der Waals surface area contributed by atoms with E-state index in [1.165, 1.54) is 6.42 Å². The molecule has 0 N–H and O–H groups in total. The molecule has 0 saturated carbocycles. The van der Waals surface area contributed by atoms with Crippen molar-refractivity contribution in [2.45, 2.75) is 31.5 Å². The average Bonchev–Trinajstić information content (AvgIpc) is 2.48. The summed E-state index contributed by atoms with van der Waals surface area (Å²) in [7, 11) is 2.19. The van der Waals surface area contributed by atoms with Crippen LogP contribution in [-0.4, -0.2) is 37.5 Å². The second-order valence-corrected chi connectivity index (χ2v) is 3.48. The molecule has 0 aromatic rings. The van der Waals surface area contributed by atoms with Crippen LogP contribution in [0.1, 0.15) is 12.8 Å². The second-order valence-electron chi connectivity index (χ2n) is 3.48. The van der Waals surface area contributed by atoms with Crippen molar-refractivity contribution in [3.8, 4) is 0 Å². The molecular formula is C8H13BNO2. The highest BCUT2D eigenvalue weighted by atomic mass is 16.6. The number of cyclic esters (lactones) is 1. The lowest BCUT2D eigenvalue weighted by molar-refractivity contribution is 0.154. The normalized spacial score (nSPS) is 34.4. The van der Waals surface area contributed by atoms with Gasteiger partial charge in [0.15, 0.2) is 0 Å². The zero-order chi connectivity index (χ0) is 8.55. The zero-order valence-corrected chi connectivity index (χ0v) is 7.32. The van der Waals surface area contributed by atoms with E-state index in [1.54, 1.807) is 0 Å². The summed E-state index contributed by atoms with van der Waals surface area (Å²) in [6.45, 7) is 3.54. The van der Waals surface area contributed by atoms with Crippen molar-refractivity contribution in [3.63, 3.8) is 0 Å². The maximum Gasteiger partial charge on any atom is 0.410 e. The van der Waals surface area contributed by atoms with Crippen molar-refractivity contribution in [1.29, 1.82) is 0 Å². The van der Waals surface area contributed by atoms with Gasteiger partial charge in [0.05, 0.1) is 6.04 Å². The predicted molar refractivity (Wildman–Crippen MR) is 46.4 cm³/mol. The third kappa shape index (κ3) is 1.10. The number of hydrogen-bond donors (Lipinski definition) is 0. The van der Waals surface area contributed by atoms with Crippen LogP contribution < -0.4 is 0 Å². The molecule has 3 nitrogen and oxygen atoms in total. The Balaban J connectivity index is 2.09. The molecule has 2 unspecified atom stereocenters. The van der Waals surface area contributed by atoms with E-state index in [0.717, 1.165) is 13.0 Å². The van der Waals surface area contributed by atoms with Gasteiger partial charge in [-0.05, 0) is 12.2 Å². The fraction of sp³-hybridized carbons (Fsp3) is 0.875. The number of carbonyl (C=O) groups is 1. The molecule has 65 valence electrons. The molecule has 2 atom stereocenters. The first-order chi connectivity index (χ1) is 5.83. The summed E-state index contributed by atoms with van der Waals surface area (Å²) in [5.41, 5.74) is 0. The lowest BCUT2D eigenvalue weighted by Gasteiger charge is -2.33. The van der Waals surface area contributed by atoms with Crippen LogP contribution >= 0.6 is 0 Å². The molecular weight excluding hydrogens is 153 g/mol. The van der Waals surface area contributed by atoms with E-state index >= 15 is 0 Å². The Morgan fingerprint density at radius 1 is 1.67 bits per heavy atom. The smallest absolute Gasteiger partial charge is 0.410 e. The Morgan fingerprint density at radius 2 is 2.50 bits per heavy atom. The Kier molecular flexibility index (Phi) is 1.99. The van der Waals surface area contributed by atoms with Crippen molar-refractivity contribution >= 4 is 13.4 Å². The lowest BCUT2D eigenvalue weighted by atomic mass is 9.60. The maximum absolute atomic E-state index is 11.2. The number of rotatable bonds is 1. The summed E-state index contributed by atoms with van der Waals surface area (Å²) in [6.07, 6.45) is 2.20. The Morgan fingerprint density at radius 3 is 3.25 bits per heavy atom. The minimum absolute atomic E-state index is 0.119. The van der Waals surface area contributed by atoms with Crippen LogP contribution in [0.15, 0.2) is 0 Å². The summed E-state index contributed by atoms with van der Waals surface area (Å²) in [5.74, 6) is 0.546. The van der Waals surface area contributed by atoms with Crippen LogP contribution in [0, 0.1) is 0 Å². The van der Waals surface area contributed by atoms with E-state index in [9.17, 15) is 4.79 Å². The first-order valence-corrected chi connectivity index (χ1v) is 4.56. The highest BCUT2D eigenvalue weighted by molar-refractivity contribution is 6.36. The molecule has 0 aromatic carbocycles. The van der Waals surface area contributed by atoms with Crippen LogP contribution in [0.3, 0.4) is 0 Å². The molecule has 1 radical (unpaired) electrons. The van der Waals surface area contributed by atoms with Gasteiger partial charge in [0.2, 0.25) is 0 Å². The zero-order valence-electron chi connectivity index (χ0n) is 7.32. The summed E-state index contributed by atoms with van der Waals surface area (Å²) >= 11 is 0. The molecule has 2 aliphatic heterocycles. The lowest BCUT2D eigenvalue weighted by Crippen LogP contribution is -2.42. The van der Waals surface area contributed by atoms with Crippen LogP contribution in [-0.2, 0) is 4.74 Å². The number of carbonyl (C=O) groups excluding carboxylic acids is 1. The van der Waals surface area contributed by atoms with Crippen LogP contribution in [0.25, 0.3) is 0 Å². The summed E-state index contributed by atoms with van der Waals surface area (Å²) in [6, 6.07) is 0.330. The van der Waals surface area contributed by atoms with E-state index in [4.69, 9.17) is 4.74 Å². The van der Waals surface area contributed by atoms with Crippen molar-refractivity contribution in [2.24, 2.45) is 0 Å². The Bertz CT molecular complexity index is 197. The largest absolute Gasteiger partial charge is 0.447 e. The highest BCUT2D eigenvalue weighted by Crippen LogP contribution is 2.31. The average molecular weight is 166 g/mol. The minimum Gasteiger partial charge on any atom is -0.447 e. The summed E-state index contributed by atoms with van der Waals surface area (Å²) < 4.78 is 5.00. The molecule has 2 saturated heterocycles. The highest BCUT2D eigenvalue weighted by Gasteiger charge is 2.39. The molecule has 0 aromatic heterocycles. The third-order valence-electron chi connectivity index (χ3n) is 2.87. The molecule has 0 bridgehead atoms. The van der Waals surface area contributed by atoms with Crippen molar-refractivity contribution < 1.29 is 9.53 Å². The predicted octanol–water partition coefficient (Wildman–Crippen LogP) is 1.14. The molecule has 2 heterocycles. The SMILES string of the molecule is C[B]C1CCCN2C(=O)OCC12. The minimum atomic E-state index is -0.119. The van der Waals surface area contributed by atoms with Gasteiger partial charge in [-0.15, -0.1) is 0 Å². The van der Waals surface area contributed by atoms with Crippen LogP contribution in [0.5, 0.6) is 0 Å². The van der Waals surface area contributed by atoms with Crippen molar-refractivity contribution in [2.75, 3.05) is 13.2 Å². The summed E-state index contributed by atoms with van der Waals surface area (Å²) in [5, 5.41) is 0. The molecule has 1 amide bonds. The topological polar surface area (TPSA) is 29.5 Å². The standard InChI is InChI=1S/C8H13BNO2/c1-9-6-3-2-4-10-7(6)5-12-8(10)11/h6-7H,2-5H2,1H3. The molecule has 2 rings (SSSR count). The number of piperidine rings is 1. The Hall–Kier alpha value is -0.665.